The molecule has 0 aliphatic rings. The van der Waals surface area contributed by atoms with Gasteiger partial charge in [-0.05, 0) is 45.0 Å². The lowest BCUT2D eigenvalue weighted by Gasteiger charge is -2.20. The molecular formula is C14H16F3NO3. The van der Waals surface area contributed by atoms with Crippen molar-refractivity contribution in [3.05, 3.63) is 24.3 Å². The summed E-state index contributed by atoms with van der Waals surface area (Å²) in [6, 6.07) is 5.52. The van der Waals surface area contributed by atoms with Crippen LogP contribution >= 0.6 is 0 Å². The Bertz CT molecular complexity index is 528. The largest absolute Gasteiger partial charge is 0.497 e. The molecule has 21 heavy (non-hydrogen) atoms. The first kappa shape index (κ1) is 17.0. The topological polar surface area (TPSA) is 47.9 Å². The number of halogens is 3. The minimum Gasteiger partial charge on any atom is -0.497 e. The fourth-order valence-electron chi connectivity index (χ4n) is 1.34. The lowest BCUT2D eigenvalue weighted by molar-refractivity contribution is -0.150. The van der Waals surface area contributed by atoms with Gasteiger partial charge in [-0.1, -0.05) is 0 Å². The molecule has 0 aromatic heterocycles. The third-order valence-electron chi connectivity index (χ3n) is 2.17. The van der Waals surface area contributed by atoms with Gasteiger partial charge < -0.3 is 9.47 Å². The van der Waals surface area contributed by atoms with Crippen LogP contribution in [0.2, 0.25) is 0 Å². The summed E-state index contributed by atoms with van der Waals surface area (Å²) in [7, 11) is 1.43. The van der Waals surface area contributed by atoms with E-state index in [9.17, 15) is 18.0 Å². The molecule has 1 rings (SSSR count). The van der Waals surface area contributed by atoms with Crippen molar-refractivity contribution < 1.29 is 27.4 Å². The number of hydrogen-bond donors (Lipinski definition) is 0. The van der Waals surface area contributed by atoms with Gasteiger partial charge in [0.05, 0.1) is 12.8 Å². The van der Waals surface area contributed by atoms with Gasteiger partial charge in [0, 0.05) is 0 Å². The van der Waals surface area contributed by atoms with E-state index in [1.54, 1.807) is 0 Å². The fraction of sp³-hybridized carbons (Fsp3) is 0.429. The molecule has 0 unspecified atom stereocenters. The van der Waals surface area contributed by atoms with E-state index in [1.807, 2.05) is 0 Å². The van der Waals surface area contributed by atoms with Crippen LogP contribution in [-0.2, 0) is 9.53 Å². The second-order valence-electron chi connectivity index (χ2n) is 5.16. The molecule has 0 N–H and O–H groups in total. The Morgan fingerprint density at radius 3 is 2.00 bits per heavy atom. The lowest BCUT2D eigenvalue weighted by atomic mass is 10.2. The second-order valence-corrected chi connectivity index (χ2v) is 5.16. The van der Waals surface area contributed by atoms with Crippen LogP contribution in [0.5, 0.6) is 5.75 Å². The zero-order valence-corrected chi connectivity index (χ0v) is 12.1. The molecular weight excluding hydrogens is 287 g/mol. The van der Waals surface area contributed by atoms with Crippen molar-refractivity contribution in [3.8, 4) is 5.75 Å². The van der Waals surface area contributed by atoms with E-state index < -0.39 is 23.5 Å². The molecule has 0 bridgehead atoms. The Morgan fingerprint density at radius 1 is 1.10 bits per heavy atom. The molecule has 0 radical (unpaired) electrons. The Balaban J connectivity index is 3.12. The molecule has 7 heteroatoms. The van der Waals surface area contributed by atoms with E-state index in [0.717, 1.165) is 0 Å². The van der Waals surface area contributed by atoms with E-state index in [2.05, 4.69) is 4.99 Å². The number of carbonyl (C=O) groups excluding carboxylic acids is 1. The van der Waals surface area contributed by atoms with E-state index in [0.29, 0.717) is 5.75 Å². The number of carbonyl (C=O) groups is 1. The predicted molar refractivity (Wildman–Crippen MR) is 72.0 cm³/mol. The number of rotatable bonds is 3. The van der Waals surface area contributed by atoms with Gasteiger partial charge in [0.2, 0.25) is 5.71 Å². The molecule has 1 aromatic carbocycles. The van der Waals surface area contributed by atoms with Crippen molar-refractivity contribution in [1.82, 2.24) is 0 Å². The summed E-state index contributed by atoms with van der Waals surface area (Å²) in [5.41, 5.74) is -2.65. The third-order valence-corrected chi connectivity index (χ3v) is 2.17. The molecule has 0 fully saturated rings. The predicted octanol–water partition coefficient (Wildman–Crippen LogP) is 3.67. The van der Waals surface area contributed by atoms with Gasteiger partial charge in [-0.2, -0.15) is 13.2 Å². The molecule has 116 valence electrons. The maximum Gasteiger partial charge on any atom is 0.440 e. The van der Waals surface area contributed by atoms with Gasteiger partial charge in [-0.25, -0.2) is 9.79 Å². The highest BCUT2D eigenvalue weighted by molar-refractivity contribution is 6.39. The van der Waals surface area contributed by atoms with Crippen LogP contribution in [0.1, 0.15) is 20.8 Å². The number of aliphatic imine (C=N–C) groups is 1. The second kappa shape index (κ2) is 6.15. The smallest absolute Gasteiger partial charge is 0.440 e. The van der Waals surface area contributed by atoms with Gasteiger partial charge in [0.15, 0.2) is 0 Å². The molecule has 0 amide bonds. The molecule has 0 aliphatic carbocycles. The minimum absolute atomic E-state index is 0.0195. The highest BCUT2D eigenvalue weighted by Gasteiger charge is 2.43. The van der Waals surface area contributed by atoms with E-state index in [-0.39, 0.29) is 5.69 Å². The third kappa shape index (κ3) is 5.45. The summed E-state index contributed by atoms with van der Waals surface area (Å²) in [4.78, 5) is 15.0. The van der Waals surface area contributed by atoms with Crippen molar-refractivity contribution in [2.75, 3.05) is 7.11 Å². The van der Waals surface area contributed by atoms with E-state index in [4.69, 9.17) is 9.47 Å². The highest BCUT2D eigenvalue weighted by Crippen LogP contribution is 2.25. The maximum atomic E-state index is 12.9. The van der Waals surface area contributed by atoms with Crippen molar-refractivity contribution >= 4 is 17.4 Å². The molecule has 1 aromatic rings. The zero-order chi connectivity index (χ0) is 16.3. The Kier molecular flexibility index (Phi) is 4.98. The SMILES string of the molecule is COc1ccc(N=C(C(=O)OC(C)(C)C)C(F)(F)F)cc1. The lowest BCUT2D eigenvalue weighted by Crippen LogP contribution is -2.37. The first-order chi connectivity index (χ1) is 9.53. The van der Waals surface area contributed by atoms with Crippen molar-refractivity contribution in [3.63, 3.8) is 0 Å². The fourth-order valence-corrected chi connectivity index (χ4v) is 1.34. The van der Waals surface area contributed by atoms with Crippen LogP contribution in [0, 0.1) is 0 Å². The van der Waals surface area contributed by atoms with Crippen molar-refractivity contribution in [1.29, 1.82) is 0 Å². The van der Waals surface area contributed by atoms with Gasteiger partial charge >= 0.3 is 12.1 Å². The van der Waals surface area contributed by atoms with Crippen LogP contribution in [0.25, 0.3) is 0 Å². The van der Waals surface area contributed by atoms with Crippen LogP contribution in [0.15, 0.2) is 29.3 Å². The average Bonchev–Trinajstić information content (AvgIpc) is 2.33. The standard InChI is InChI=1S/C14H16F3NO3/c1-13(2,3)21-12(19)11(14(15,16)17)18-9-5-7-10(20-4)8-6-9/h5-8H,1-4H3. The minimum atomic E-state index is -4.90. The van der Waals surface area contributed by atoms with E-state index >= 15 is 0 Å². The van der Waals surface area contributed by atoms with Gasteiger partial charge in [-0.15, -0.1) is 0 Å². The summed E-state index contributed by atoms with van der Waals surface area (Å²) in [5.74, 6) is -1.04. The first-order valence-electron chi connectivity index (χ1n) is 6.06. The van der Waals surface area contributed by atoms with Gasteiger partial charge in [0.1, 0.15) is 11.4 Å². The van der Waals surface area contributed by atoms with Crippen LogP contribution in [0.3, 0.4) is 0 Å². The first-order valence-corrected chi connectivity index (χ1v) is 6.06. The van der Waals surface area contributed by atoms with Gasteiger partial charge in [0.25, 0.3) is 0 Å². The van der Waals surface area contributed by atoms with Crippen LogP contribution in [-0.4, -0.2) is 30.6 Å². The number of benzene rings is 1. The summed E-state index contributed by atoms with van der Waals surface area (Å²) in [6.45, 7) is 4.44. The van der Waals surface area contributed by atoms with E-state index in [1.165, 1.54) is 52.1 Å². The van der Waals surface area contributed by atoms with Crippen LogP contribution in [0.4, 0.5) is 18.9 Å². The average molecular weight is 303 g/mol. The molecule has 0 saturated carbocycles. The molecule has 0 saturated heterocycles. The zero-order valence-electron chi connectivity index (χ0n) is 12.1. The van der Waals surface area contributed by atoms with Crippen molar-refractivity contribution in [2.45, 2.75) is 32.5 Å². The quantitative estimate of drug-likeness (QED) is 0.632. The molecule has 0 aliphatic heterocycles. The molecule has 0 atom stereocenters. The Morgan fingerprint density at radius 2 is 1.62 bits per heavy atom. The number of methoxy groups -OCH3 is 1. The molecule has 0 spiro atoms. The summed E-state index contributed by atoms with van der Waals surface area (Å²) < 4.78 is 48.4. The summed E-state index contributed by atoms with van der Waals surface area (Å²) >= 11 is 0. The Labute approximate surface area is 120 Å². The molecule has 0 heterocycles. The number of ether oxygens (including phenoxy) is 2. The number of esters is 1. The summed E-state index contributed by atoms with van der Waals surface area (Å²) in [6.07, 6.45) is -4.90. The summed E-state index contributed by atoms with van der Waals surface area (Å²) in [5, 5.41) is 0. The highest BCUT2D eigenvalue weighted by atomic mass is 19.4. The maximum absolute atomic E-state index is 12.9. The van der Waals surface area contributed by atoms with Crippen LogP contribution < -0.4 is 4.74 Å². The Hall–Kier alpha value is -2.05. The number of nitrogens with zero attached hydrogens (tertiary/aromatic N) is 1. The van der Waals surface area contributed by atoms with Gasteiger partial charge in [-0.3, -0.25) is 0 Å². The monoisotopic (exact) mass is 303 g/mol. The number of hydrogen-bond acceptors (Lipinski definition) is 4. The molecule has 4 nitrogen and oxygen atoms in total. The number of alkyl halides is 3. The van der Waals surface area contributed by atoms with Crippen molar-refractivity contribution in [2.24, 2.45) is 4.99 Å². The normalized spacial score (nSPS) is 13.0.